The Kier molecular flexibility index (Phi) is 5.88. The fraction of sp³-hybridized carbons (Fsp3) is 0.148. The van der Waals surface area contributed by atoms with Crippen LogP contribution in [0.1, 0.15) is 23.7 Å². The Bertz CT molecular complexity index is 1590. The van der Waals surface area contributed by atoms with Crippen LogP contribution in [0.5, 0.6) is 5.75 Å². The minimum absolute atomic E-state index is 0.219. The van der Waals surface area contributed by atoms with Crippen LogP contribution < -0.4 is 10.3 Å². The molecule has 5 rings (SSSR count). The molecule has 1 unspecified atom stereocenters. The zero-order chi connectivity index (χ0) is 24.6. The summed E-state index contributed by atoms with van der Waals surface area (Å²) >= 11 is 6.25. The van der Waals surface area contributed by atoms with Gasteiger partial charge in [0.1, 0.15) is 5.75 Å². The molecule has 5 aromatic rings. The zero-order valence-electron chi connectivity index (χ0n) is 19.2. The van der Waals surface area contributed by atoms with Crippen LogP contribution in [0.2, 0.25) is 5.02 Å². The number of fused-ring (bicyclic) bond motifs is 1. The monoisotopic (exact) mass is 486 g/mol. The van der Waals surface area contributed by atoms with Crippen molar-refractivity contribution in [2.45, 2.75) is 12.5 Å². The van der Waals surface area contributed by atoms with E-state index in [4.69, 9.17) is 16.3 Å². The summed E-state index contributed by atoms with van der Waals surface area (Å²) in [6.45, 7) is 2.46. The maximum atomic E-state index is 12.5. The highest BCUT2D eigenvalue weighted by Crippen LogP contribution is 2.39. The van der Waals surface area contributed by atoms with Gasteiger partial charge >= 0.3 is 0 Å². The number of pyridine rings is 2. The molecule has 2 aromatic carbocycles. The number of nitrogens with zero attached hydrogens (tertiary/aromatic N) is 3. The van der Waals surface area contributed by atoms with Crippen molar-refractivity contribution in [1.29, 1.82) is 0 Å². The first-order valence-corrected chi connectivity index (χ1v) is 11.5. The molecule has 0 radical (unpaired) electrons. The van der Waals surface area contributed by atoms with E-state index >= 15 is 0 Å². The first-order valence-electron chi connectivity index (χ1n) is 11.1. The third kappa shape index (κ3) is 4.09. The molecule has 35 heavy (non-hydrogen) atoms. The summed E-state index contributed by atoms with van der Waals surface area (Å²) in [5, 5.41) is 13.4. The number of aliphatic hydroxyl groups is 1. The summed E-state index contributed by atoms with van der Waals surface area (Å²) in [6.07, 6.45) is 6.34. The molecule has 0 amide bonds. The van der Waals surface area contributed by atoms with E-state index in [0.717, 1.165) is 16.5 Å². The number of H-pyrrole nitrogens is 1. The first-order chi connectivity index (χ1) is 16.9. The Morgan fingerprint density at radius 2 is 1.91 bits per heavy atom. The molecule has 0 saturated carbocycles. The van der Waals surface area contributed by atoms with E-state index in [1.807, 2.05) is 44.3 Å². The maximum absolute atomic E-state index is 12.5. The Hall–Kier alpha value is -3.94. The van der Waals surface area contributed by atoms with Gasteiger partial charge in [-0.3, -0.25) is 9.78 Å². The topological polar surface area (TPSA) is 93.0 Å². The minimum atomic E-state index is -1.60. The summed E-state index contributed by atoms with van der Waals surface area (Å²) in [4.78, 5) is 23.8. The molecule has 0 bridgehead atoms. The Balaban J connectivity index is 1.78. The Morgan fingerprint density at radius 1 is 1.06 bits per heavy atom. The number of aryl methyl sites for hydroxylation is 1. The first kappa shape index (κ1) is 22.8. The van der Waals surface area contributed by atoms with E-state index in [9.17, 15) is 9.90 Å². The van der Waals surface area contributed by atoms with Gasteiger partial charge in [0.25, 0.3) is 0 Å². The van der Waals surface area contributed by atoms with Gasteiger partial charge < -0.3 is 19.4 Å². The van der Waals surface area contributed by atoms with Crippen LogP contribution in [0.25, 0.3) is 22.0 Å². The molecule has 2 N–H and O–H groups in total. The lowest BCUT2D eigenvalue weighted by molar-refractivity contribution is 0.117. The van der Waals surface area contributed by atoms with E-state index in [-0.39, 0.29) is 5.56 Å². The quantitative estimate of drug-likeness (QED) is 0.364. The molecule has 0 fully saturated rings. The zero-order valence-corrected chi connectivity index (χ0v) is 20.0. The second-order valence-electron chi connectivity index (χ2n) is 8.26. The van der Waals surface area contributed by atoms with Crippen LogP contribution in [0.4, 0.5) is 0 Å². The minimum Gasteiger partial charge on any atom is -0.494 e. The number of aromatic amines is 1. The van der Waals surface area contributed by atoms with Crippen molar-refractivity contribution in [3.05, 3.63) is 112 Å². The fourth-order valence-corrected chi connectivity index (χ4v) is 4.59. The van der Waals surface area contributed by atoms with Crippen LogP contribution in [0.3, 0.4) is 0 Å². The Morgan fingerprint density at radius 3 is 2.66 bits per heavy atom. The number of hydrogen-bond acceptors (Lipinski definition) is 5. The standard InChI is InChI=1S/C27H23ClN4O3/c1-3-35-21-6-4-5-17(9-21)22-12-26(33)31-24-8-7-18(11-23(22)24)27(34,25-15-30-16-32(25)2)19-10-20(28)14-29-13-19/h4-16,34H,3H2,1-2H3,(H,31,33). The second-order valence-corrected chi connectivity index (χ2v) is 8.70. The van der Waals surface area contributed by atoms with Gasteiger partial charge in [-0.2, -0.15) is 0 Å². The molecule has 8 heteroatoms. The summed E-state index contributed by atoms with van der Waals surface area (Å²) in [6, 6.07) is 16.3. The molecule has 0 aliphatic heterocycles. The third-order valence-corrected chi connectivity index (χ3v) is 6.23. The highest BCUT2D eigenvalue weighted by molar-refractivity contribution is 6.30. The summed E-state index contributed by atoms with van der Waals surface area (Å²) in [5.41, 5.74) is 2.01. The normalized spacial score (nSPS) is 13.0. The molecule has 1 atom stereocenters. The van der Waals surface area contributed by atoms with Crippen molar-refractivity contribution in [2.75, 3.05) is 6.61 Å². The smallest absolute Gasteiger partial charge is 0.249 e. The predicted octanol–water partition coefficient (Wildman–Crippen LogP) is 4.66. The number of ether oxygens (including phenoxy) is 1. The summed E-state index contributed by atoms with van der Waals surface area (Å²) in [7, 11) is 1.81. The fourth-order valence-electron chi connectivity index (χ4n) is 4.42. The van der Waals surface area contributed by atoms with Gasteiger partial charge in [0.05, 0.1) is 29.8 Å². The van der Waals surface area contributed by atoms with Crippen molar-refractivity contribution < 1.29 is 9.84 Å². The van der Waals surface area contributed by atoms with Crippen LogP contribution in [0.15, 0.2) is 84.3 Å². The number of aromatic nitrogens is 4. The number of imidazole rings is 1. The third-order valence-electron chi connectivity index (χ3n) is 6.03. The van der Waals surface area contributed by atoms with Crippen molar-refractivity contribution in [3.63, 3.8) is 0 Å². The molecular formula is C27H23ClN4O3. The summed E-state index contributed by atoms with van der Waals surface area (Å²) in [5.74, 6) is 0.714. The predicted molar refractivity (Wildman–Crippen MR) is 136 cm³/mol. The average Bonchev–Trinajstić information content (AvgIpc) is 3.29. The lowest BCUT2D eigenvalue weighted by Gasteiger charge is -2.30. The van der Waals surface area contributed by atoms with Crippen LogP contribution in [0, 0.1) is 0 Å². The van der Waals surface area contributed by atoms with E-state index in [0.29, 0.717) is 39.7 Å². The van der Waals surface area contributed by atoms with E-state index in [2.05, 4.69) is 15.0 Å². The van der Waals surface area contributed by atoms with Crippen LogP contribution >= 0.6 is 11.6 Å². The van der Waals surface area contributed by atoms with Gasteiger partial charge in [0, 0.05) is 42.0 Å². The molecule has 176 valence electrons. The van der Waals surface area contributed by atoms with Gasteiger partial charge in [-0.1, -0.05) is 29.8 Å². The number of nitrogens with one attached hydrogen (secondary N) is 1. The number of rotatable bonds is 6. The van der Waals surface area contributed by atoms with Crippen molar-refractivity contribution >= 4 is 22.5 Å². The lowest BCUT2D eigenvalue weighted by Crippen LogP contribution is -2.31. The molecular weight excluding hydrogens is 464 g/mol. The van der Waals surface area contributed by atoms with Crippen molar-refractivity contribution in [1.82, 2.24) is 19.5 Å². The molecule has 0 spiro atoms. The highest BCUT2D eigenvalue weighted by atomic mass is 35.5. The van der Waals surface area contributed by atoms with Gasteiger partial charge in [0.15, 0.2) is 5.60 Å². The van der Waals surface area contributed by atoms with Crippen molar-refractivity contribution in [2.24, 2.45) is 7.05 Å². The number of hydrogen-bond donors (Lipinski definition) is 2. The highest BCUT2D eigenvalue weighted by Gasteiger charge is 2.37. The SMILES string of the molecule is CCOc1cccc(-c2cc(=O)[nH]c3ccc(C(O)(c4cncc(Cl)c4)c4cncn4C)cc23)c1. The average molecular weight is 487 g/mol. The van der Waals surface area contributed by atoms with E-state index in [1.165, 1.54) is 6.20 Å². The van der Waals surface area contributed by atoms with E-state index in [1.54, 1.807) is 47.6 Å². The number of halogens is 1. The van der Waals surface area contributed by atoms with Gasteiger partial charge in [-0.05, 0) is 53.9 Å². The van der Waals surface area contributed by atoms with Crippen molar-refractivity contribution in [3.8, 4) is 16.9 Å². The van der Waals surface area contributed by atoms with E-state index < -0.39 is 5.60 Å². The lowest BCUT2D eigenvalue weighted by atomic mass is 9.83. The summed E-state index contributed by atoms with van der Waals surface area (Å²) < 4.78 is 7.42. The maximum Gasteiger partial charge on any atom is 0.249 e. The molecule has 3 heterocycles. The van der Waals surface area contributed by atoms with Crippen LogP contribution in [-0.4, -0.2) is 31.2 Å². The largest absolute Gasteiger partial charge is 0.494 e. The van der Waals surface area contributed by atoms with Crippen LogP contribution in [-0.2, 0) is 12.6 Å². The van der Waals surface area contributed by atoms with Gasteiger partial charge in [-0.15, -0.1) is 0 Å². The molecule has 3 aromatic heterocycles. The van der Waals surface area contributed by atoms with Gasteiger partial charge in [0.2, 0.25) is 5.56 Å². The second kappa shape index (κ2) is 9.02. The molecule has 0 saturated heterocycles. The number of benzene rings is 2. The van der Waals surface area contributed by atoms with Gasteiger partial charge in [-0.25, -0.2) is 4.98 Å². The Labute approximate surface area is 206 Å². The molecule has 7 nitrogen and oxygen atoms in total. The molecule has 0 aliphatic rings. The molecule has 0 aliphatic carbocycles.